The van der Waals surface area contributed by atoms with Crippen LogP contribution in [0.1, 0.15) is 22.7 Å². The molecule has 0 saturated heterocycles. The molecule has 0 aliphatic heterocycles. The second-order valence-corrected chi connectivity index (χ2v) is 5.46. The Hall–Kier alpha value is -3.48. The van der Waals surface area contributed by atoms with Crippen molar-refractivity contribution in [1.82, 2.24) is 15.8 Å². The number of nitrogens with zero attached hydrogens (tertiary/aromatic N) is 1. The highest BCUT2D eigenvalue weighted by Gasteiger charge is 2.11. The van der Waals surface area contributed by atoms with Crippen molar-refractivity contribution in [2.45, 2.75) is 12.8 Å². The second-order valence-electron chi connectivity index (χ2n) is 5.46. The van der Waals surface area contributed by atoms with Crippen molar-refractivity contribution >= 4 is 11.8 Å². The van der Waals surface area contributed by atoms with Crippen molar-refractivity contribution in [3.63, 3.8) is 0 Å². The van der Waals surface area contributed by atoms with Gasteiger partial charge in [0.25, 0.3) is 5.91 Å². The maximum atomic E-state index is 13.7. The molecule has 0 aliphatic rings. The average Bonchev–Trinajstić information content (AvgIpc) is 3.14. The number of carbonyl (C=O) groups excluding carboxylic acids is 2. The molecule has 0 spiro atoms. The fourth-order valence-corrected chi connectivity index (χ4v) is 2.30. The van der Waals surface area contributed by atoms with Crippen LogP contribution in [0.15, 0.2) is 65.2 Å². The van der Waals surface area contributed by atoms with E-state index in [-0.39, 0.29) is 23.8 Å². The van der Waals surface area contributed by atoms with E-state index in [4.69, 9.17) is 4.42 Å². The number of rotatable bonds is 5. The van der Waals surface area contributed by atoms with Gasteiger partial charge in [-0.3, -0.25) is 25.4 Å². The molecule has 0 saturated carbocycles. The van der Waals surface area contributed by atoms with Crippen molar-refractivity contribution in [2.24, 2.45) is 0 Å². The van der Waals surface area contributed by atoms with Crippen LogP contribution in [0, 0.1) is 5.82 Å². The van der Waals surface area contributed by atoms with Crippen LogP contribution in [0.25, 0.3) is 11.3 Å². The zero-order chi connectivity index (χ0) is 18.4. The van der Waals surface area contributed by atoms with Crippen LogP contribution in [-0.2, 0) is 11.2 Å². The third-order valence-corrected chi connectivity index (χ3v) is 3.61. The number of nitrogens with one attached hydrogen (secondary N) is 2. The van der Waals surface area contributed by atoms with E-state index in [1.807, 2.05) is 0 Å². The lowest BCUT2D eigenvalue weighted by molar-refractivity contribution is -0.121. The Labute approximate surface area is 149 Å². The normalized spacial score (nSPS) is 10.3. The number of aryl methyl sites for hydroxylation is 1. The third-order valence-electron chi connectivity index (χ3n) is 3.61. The Balaban J connectivity index is 1.49. The first-order chi connectivity index (χ1) is 12.6. The minimum absolute atomic E-state index is 0.104. The number of amides is 2. The zero-order valence-corrected chi connectivity index (χ0v) is 13.7. The zero-order valence-electron chi connectivity index (χ0n) is 13.7. The predicted octanol–water partition coefficient (Wildman–Crippen LogP) is 2.87. The highest BCUT2D eigenvalue weighted by Crippen LogP contribution is 2.25. The molecule has 2 aromatic heterocycles. The molecule has 0 radical (unpaired) electrons. The summed E-state index contributed by atoms with van der Waals surface area (Å²) in [4.78, 5) is 27.5. The Morgan fingerprint density at radius 3 is 2.58 bits per heavy atom. The number of hydrogen-bond donors (Lipinski definition) is 2. The first-order valence-corrected chi connectivity index (χ1v) is 7.97. The van der Waals surface area contributed by atoms with Gasteiger partial charge in [0, 0.05) is 19.0 Å². The molecule has 0 unspecified atom stereocenters. The molecular formula is C19H16FN3O3. The minimum Gasteiger partial charge on any atom is -0.461 e. The first kappa shape index (κ1) is 17.3. The van der Waals surface area contributed by atoms with Crippen LogP contribution in [0.2, 0.25) is 0 Å². The SMILES string of the molecule is O=C(CCc1ccc(-c2ccccc2F)o1)NNC(=O)c1ccccn1. The van der Waals surface area contributed by atoms with Gasteiger partial charge in [-0.05, 0) is 36.4 Å². The van der Waals surface area contributed by atoms with E-state index >= 15 is 0 Å². The summed E-state index contributed by atoms with van der Waals surface area (Å²) >= 11 is 0. The molecule has 2 N–H and O–H groups in total. The summed E-state index contributed by atoms with van der Waals surface area (Å²) in [5, 5.41) is 0. The molecule has 0 fully saturated rings. The number of aromatic nitrogens is 1. The highest BCUT2D eigenvalue weighted by atomic mass is 19.1. The van der Waals surface area contributed by atoms with E-state index in [2.05, 4.69) is 15.8 Å². The van der Waals surface area contributed by atoms with Crippen molar-refractivity contribution in [2.75, 3.05) is 0 Å². The number of halogens is 1. The molecule has 26 heavy (non-hydrogen) atoms. The Kier molecular flexibility index (Phi) is 5.38. The van der Waals surface area contributed by atoms with Gasteiger partial charge in [-0.1, -0.05) is 18.2 Å². The van der Waals surface area contributed by atoms with E-state index in [1.54, 1.807) is 42.5 Å². The van der Waals surface area contributed by atoms with Crippen LogP contribution in [0.4, 0.5) is 4.39 Å². The molecular weight excluding hydrogens is 337 g/mol. The van der Waals surface area contributed by atoms with Crippen molar-refractivity contribution in [3.8, 4) is 11.3 Å². The molecule has 1 aromatic carbocycles. The van der Waals surface area contributed by atoms with Crippen LogP contribution in [0.3, 0.4) is 0 Å². The molecule has 3 rings (SSSR count). The number of hydrazine groups is 1. The highest BCUT2D eigenvalue weighted by molar-refractivity contribution is 5.93. The molecule has 132 valence electrons. The van der Waals surface area contributed by atoms with Crippen molar-refractivity contribution in [1.29, 1.82) is 0 Å². The molecule has 2 heterocycles. The number of pyridine rings is 1. The Bertz CT molecular complexity index is 909. The summed E-state index contributed by atoms with van der Waals surface area (Å²) in [6, 6.07) is 14.6. The van der Waals surface area contributed by atoms with Gasteiger partial charge in [0.05, 0.1) is 5.56 Å². The fourth-order valence-electron chi connectivity index (χ4n) is 2.30. The van der Waals surface area contributed by atoms with E-state index in [0.717, 1.165) is 0 Å². The van der Waals surface area contributed by atoms with Gasteiger partial charge in [-0.2, -0.15) is 0 Å². The van der Waals surface area contributed by atoms with Crippen LogP contribution in [-0.4, -0.2) is 16.8 Å². The van der Waals surface area contributed by atoms with Crippen LogP contribution < -0.4 is 10.9 Å². The lowest BCUT2D eigenvalue weighted by Crippen LogP contribution is -2.42. The van der Waals surface area contributed by atoms with E-state index in [0.29, 0.717) is 23.5 Å². The summed E-state index contributed by atoms with van der Waals surface area (Å²) in [6.45, 7) is 0. The van der Waals surface area contributed by atoms with Gasteiger partial charge in [0.2, 0.25) is 5.91 Å². The Morgan fingerprint density at radius 1 is 1.00 bits per heavy atom. The van der Waals surface area contributed by atoms with Gasteiger partial charge < -0.3 is 4.42 Å². The monoisotopic (exact) mass is 353 g/mol. The summed E-state index contributed by atoms with van der Waals surface area (Å²) in [6.07, 6.45) is 1.91. The van der Waals surface area contributed by atoms with Gasteiger partial charge in [-0.25, -0.2) is 4.39 Å². The van der Waals surface area contributed by atoms with E-state index in [1.165, 1.54) is 18.3 Å². The third kappa shape index (κ3) is 4.32. The largest absolute Gasteiger partial charge is 0.461 e. The summed E-state index contributed by atoms with van der Waals surface area (Å²) in [5.74, 6) is -0.295. The molecule has 0 atom stereocenters. The maximum Gasteiger partial charge on any atom is 0.288 e. The van der Waals surface area contributed by atoms with E-state index in [9.17, 15) is 14.0 Å². The van der Waals surface area contributed by atoms with Crippen molar-refractivity contribution in [3.05, 3.63) is 78.1 Å². The number of carbonyl (C=O) groups is 2. The van der Waals surface area contributed by atoms with Gasteiger partial charge in [-0.15, -0.1) is 0 Å². The smallest absolute Gasteiger partial charge is 0.288 e. The average molecular weight is 353 g/mol. The van der Waals surface area contributed by atoms with Crippen LogP contribution >= 0.6 is 0 Å². The number of benzene rings is 1. The molecule has 6 nitrogen and oxygen atoms in total. The summed E-state index contributed by atoms with van der Waals surface area (Å²) in [7, 11) is 0. The lowest BCUT2D eigenvalue weighted by Gasteiger charge is -2.06. The maximum absolute atomic E-state index is 13.7. The van der Waals surface area contributed by atoms with Gasteiger partial charge >= 0.3 is 0 Å². The van der Waals surface area contributed by atoms with Crippen LogP contribution in [0.5, 0.6) is 0 Å². The van der Waals surface area contributed by atoms with Gasteiger partial charge in [0.1, 0.15) is 23.0 Å². The molecule has 2 amide bonds. The van der Waals surface area contributed by atoms with Crippen molar-refractivity contribution < 1.29 is 18.4 Å². The quantitative estimate of drug-likeness (QED) is 0.691. The topological polar surface area (TPSA) is 84.2 Å². The Morgan fingerprint density at radius 2 is 1.81 bits per heavy atom. The standard InChI is InChI=1S/C19H16FN3O3/c20-15-6-2-1-5-14(15)17-10-8-13(26-17)9-11-18(24)22-23-19(25)16-7-3-4-12-21-16/h1-8,10,12H,9,11H2,(H,22,24)(H,23,25). The lowest BCUT2D eigenvalue weighted by atomic mass is 10.1. The second kappa shape index (κ2) is 8.06. The fraction of sp³-hybridized carbons (Fsp3) is 0.105. The number of hydrogen-bond acceptors (Lipinski definition) is 4. The molecule has 0 aliphatic carbocycles. The number of furan rings is 1. The summed E-state index contributed by atoms with van der Waals surface area (Å²) < 4.78 is 19.3. The molecule has 0 bridgehead atoms. The summed E-state index contributed by atoms with van der Waals surface area (Å²) in [5.41, 5.74) is 5.18. The first-order valence-electron chi connectivity index (χ1n) is 7.97. The van der Waals surface area contributed by atoms with Gasteiger partial charge in [0.15, 0.2) is 0 Å². The van der Waals surface area contributed by atoms with E-state index < -0.39 is 5.91 Å². The molecule has 7 heteroatoms. The minimum atomic E-state index is -0.501. The molecule has 3 aromatic rings. The predicted molar refractivity (Wildman–Crippen MR) is 92.3 cm³/mol.